The summed E-state index contributed by atoms with van der Waals surface area (Å²) in [4.78, 5) is 14.2. The van der Waals surface area contributed by atoms with Gasteiger partial charge in [0.15, 0.2) is 6.61 Å². The fourth-order valence-corrected chi connectivity index (χ4v) is 2.70. The van der Waals surface area contributed by atoms with Crippen LogP contribution in [0.1, 0.15) is 38.2 Å². The summed E-state index contributed by atoms with van der Waals surface area (Å²) in [7, 11) is 0. The second kappa shape index (κ2) is 7.29. The van der Waals surface area contributed by atoms with Crippen LogP contribution in [0.3, 0.4) is 0 Å². The van der Waals surface area contributed by atoms with E-state index in [1.165, 1.54) is 6.42 Å². The smallest absolute Gasteiger partial charge is 0.260 e. The summed E-state index contributed by atoms with van der Waals surface area (Å²) in [5, 5.41) is 0. The van der Waals surface area contributed by atoms with E-state index in [0.29, 0.717) is 12.6 Å². The van der Waals surface area contributed by atoms with Crippen LogP contribution in [0.25, 0.3) is 0 Å². The molecule has 1 aliphatic heterocycles. The van der Waals surface area contributed by atoms with Crippen molar-refractivity contribution in [3.05, 3.63) is 29.8 Å². The highest BCUT2D eigenvalue weighted by atomic mass is 16.5. The Labute approximate surface area is 120 Å². The zero-order valence-electron chi connectivity index (χ0n) is 12.2. The maximum atomic E-state index is 12.2. The molecule has 1 amide bonds. The minimum Gasteiger partial charge on any atom is -0.484 e. The highest BCUT2D eigenvalue weighted by molar-refractivity contribution is 5.78. The van der Waals surface area contributed by atoms with Crippen molar-refractivity contribution in [3.8, 4) is 5.75 Å². The molecule has 4 heteroatoms. The fraction of sp³-hybridized carbons (Fsp3) is 0.562. The summed E-state index contributed by atoms with van der Waals surface area (Å²) in [6.45, 7) is 3.65. The van der Waals surface area contributed by atoms with E-state index in [2.05, 4.69) is 6.92 Å². The molecule has 1 atom stereocenters. The van der Waals surface area contributed by atoms with Crippen LogP contribution in [-0.2, 0) is 11.3 Å². The topological polar surface area (TPSA) is 55.6 Å². The Morgan fingerprint density at radius 2 is 2.10 bits per heavy atom. The predicted molar refractivity (Wildman–Crippen MR) is 79.5 cm³/mol. The van der Waals surface area contributed by atoms with Crippen molar-refractivity contribution in [1.82, 2.24) is 4.90 Å². The van der Waals surface area contributed by atoms with E-state index in [0.717, 1.165) is 37.1 Å². The second-order valence-electron chi connectivity index (χ2n) is 5.28. The van der Waals surface area contributed by atoms with Gasteiger partial charge in [0.2, 0.25) is 0 Å². The van der Waals surface area contributed by atoms with Crippen molar-refractivity contribution in [3.63, 3.8) is 0 Å². The Morgan fingerprint density at radius 1 is 1.35 bits per heavy atom. The number of ether oxygens (including phenoxy) is 1. The molecule has 0 radical (unpaired) electrons. The molecule has 20 heavy (non-hydrogen) atoms. The quantitative estimate of drug-likeness (QED) is 0.898. The van der Waals surface area contributed by atoms with Gasteiger partial charge in [-0.15, -0.1) is 0 Å². The number of benzene rings is 1. The lowest BCUT2D eigenvalue weighted by Crippen LogP contribution is -2.45. The van der Waals surface area contributed by atoms with Crippen LogP contribution in [0.5, 0.6) is 5.75 Å². The number of rotatable bonds is 5. The van der Waals surface area contributed by atoms with Crippen molar-refractivity contribution >= 4 is 5.91 Å². The molecule has 0 bridgehead atoms. The molecule has 4 nitrogen and oxygen atoms in total. The molecular weight excluding hydrogens is 252 g/mol. The molecule has 1 unspecified atom stereocenters. The van der Waals surface area contributed by atoms with Gasteiger partial charge in [0.05, 0.1) is 0 Å². The zero-order valence-corrected chi connectivity index (χ0v) is 12.2. The number of nitrogens with zero attached hydrogens (tertiary/aromatic N) is 1. The van der Waals surface area contributed by atoms with Gasteiger partial charge in [-0.2, -0.15) is 0 Å². The molecule has 1 aliphatic rings. The van der Waals surface area contributed by atoms with E-state index in [1.54, 1.807) is 0 Å². The van der Waals surface area contributed by atoms with E-state index in [-0.39, 0.29) is 12.5 Å². The number of nitrogens with two attached hydrogens (primary N) is 1. The Hall–Kier alpha value is -1.55. The number of carbonyl (C=O) groups is 1. The number of hydrogen-bond donors (Lipinski definition) is 1. The minimum absolute atomic E-state index is 0.0967. The number of likely N-dealkylation sites (tertiary alicyclic amines) is 1. The van der Waals surface area contributed by atoms with Gasteiger partial charge in [-0.3, -0.25) is 4.79 Å². The van der Waals surface area contributed by atoms with Gasteiger partial charge in [-0.1, -0.05) is 19.1 Å². The molecule has 110 valence electrons. The van der Waals surface area contributed by atoms with Crippen LogP contribution in [0.2, 0.25) is 0 Å². The average Bonchev–Trinajstić information content (AvgIpc) is 2.53. The zero-order chi connectivity index (χ0) is 14.4. The van der Waals surface area contributed by atoms with Crippen molar-refractivity contribution in [1.29, 1.82) is 0 Å². The standard InChI is InChI=1S/C16H24N2O2/c1-2-14-5-3-4-10-18(14)16(19)12-20-15-8-6-13(11-17)7-9-15/h6-9,14H,2-5,10-12,17H2,1H3. The van der Waals surface area contributed by atoms with Crippen LogP contribution in [0, 0.1) is 0 Å². The predicted octanol–water partition coefficient (Wildman–Crippen LogP) is 2.32. The molecule has 2 N–H and O–H groups in total. The van der Waals surface area contributed by atoms with Crippen LogP contribution in [0.15, 0.2) is 24.3 Å². The molecule has 1 saturated heterocycles. The first kappa shape index (κ1) is 14.9. The van der Waals surface area contributed by atoms with Gasteiger partial charge < -0.3 is 15.4 Å². The van der Waals surface area contributed by atoms with Crippen LogP contribution in [0.4, 0.5) is 0 Å². The normalized spacial score (nSPS) is 18.9. The van der Waals surface area contributed by atoms with E-state index in [1.807, 2.05) is 29.2 Å². The second-order valence-corrected chi connectivity index (χ2v) is 5.28. The lowest BCUT2D eigenvalue weighted by molar-refractivity contribution is -0.137. The van der Waals surface area contributed by atoms with Crippen LogP contribution in [-0.4, -0.2) is 30.0 Å². The summed E-state index contributed by atoms with van der Waals surface area (Å²) >= 11 is 0. The molecular formula is C16H24N2O2. The average molecular weight is 276 g/mol. The van der Waals surface area contributed by atoms with Crippen molar-refractivity contribution < 1.29 is 9.53 Å². The van der Waals surface area contributed by atoms with Crippen LogP contribution >= 0.6 is 0 Å². The first-order valence-corrected chi connectivity index (χ1v) is 7.46. The number of amides is 1. The van der Waals surface area contributed by atoms with E-state index >= 15 is 0 Å². The summed E-state index contributed by atoms with van der Waals surface area (Å²) in [5.41, 5.74) is 6.61. The van der Waals surface area contributed by atoms with Crippen molar-refractivity contribution in [2.75, 3.05) is 13.2 Å². The fourth-order valence-electron chi connectivity index (χ4n) is 2.70. The lowest BCUT2D eigenvalue weighted by Gasteiger charge is -2.35. The third-order valence-electron chi connectivity index (χ3n) is 3.94. The molecule has 1 aromatic rings. The Morgan fingerprint density at radius 3 is 2.75 bits per heavy atom. The minimum atomic E-state index is 0.0967. The third kappa shape index (κ3) is 3.73. The Balaban J connectivity index is 1.87. The number of piperidine rings is 1. The van der Waals surface area contributed by atoms with Crippen molar-refractivity contribution in [2.45, 2.75) is 45.2 Å². The van der Waals surface area contributed by atoms with Gasteiger partial charge in [-0.05, 0) is 43.4 Å². The summed E-state index contributed by atoms with van der Waals surface area (Å²) < 4.78 is 5.58. The highest BCUT2D eigenvalue weighted by Gasteiger charge is 2.25. The van der Waals surface area contributed by atoms with Gasteiger partial charge >= 0.3 is 0 Å². The largest absolute Gasteiger partial charge is 0.484 e. The molecule has 0 aliphatic carbocycles. The summed E-state index contributed by atoms with van der Waals surface area (Å²) in [5.74, 6) is 0.819. The summed E-state index contributed by atoms with van der Waals surface area (Å²) in [6, 6.07) is 7.97. The molecule has 0 spiro atoms. The highest BCUT2D eigenvalue weighted by Crippen LogP contribution is 2.20. The number of carbonyl (C=O) groups excluding carboxylic acids is 1. The Bertz CT molecular complexity index is 431. The van der Waals surface area contributed by atoms with Gasteiger partial charge in [0.25, 0.3) is 5.91 Å². The lowest BCUT2D eigenvalue weighted by atomic mass is 10.00. The maximum Gasteiger partial charge on any atom is 0.260 e. The monoisotopic (exact) mass is 276 g/mol. The van der Waals surface area contributed by atoms with E-state index in [9.17, 15) is 4.79 Å². The molecule has 0 saturated carbocycles. The third-order valence-corrected chi connectivity index (χ3v) is 3.94. The molecule has 1 fully saturated rings. The first-order valence-electron chi connectivity index (χ1n) is 7.46. The van der Waals surface area contributed by atoms with Crippen molar-refractivity contribution in [2.24, 2.45) is 5.73 Å². The van der Waals surface area contributed by atoms with Gasteiger partial charge in [-0.25, -0.2) is 0 Å². The Kier molecular flexibility index (Phi) is 5.41. The molecule has 2 rings (SSSR count). The van der Waals surface area contributed by atoms with Gasteiger partial charge in [0.1, 0.15) is 5.75 Å². The van der Waals surface area contributed by atoms with E-state index < -0.39 is 0 Å². The molecule has 1 heterocycles. The molecule has 0 aromatic heterocycles. The first-order chi connectivity index (χ1) is 9.74. The van der Waals surface area contributed by atoms with Crippen LogP contribution < -0.4 is 10.5 Å². The SMILES string of the molecule is CCC1CCCCN1C(=O)COc1ccc(CN)cc1. The van der Waals surface area contributed by atoms with Gasteiger partial charge in [0, 0.05) is 19.1 Å². The number of hydrogen-bond acceptors (Lipinski definition) is 3. The molecule has 1 aromatic carbocycles. The maximum absolute atomic E-state index is 12.2. The van der Waals surface area contributed by atoms with E-state index in [4.69, 9.17) is 10.5 Å². The summed E-state index contributed by atoms with van der Waals surface area (Å²) in [6.07, 6.45) is 4.47.